The molecule has 0 saturated carbocycles. The van der Waals surface area contributed by atoms with Crippen molar-refractivity contribution >= 4 is 39.3 Å². The molecular formula is C21H32ClFN4O6S. The van der Waals surface area contributed by atoms with Gasteiger partial charge < -0.3 is 10.6 Å². The molecule has 1 aromatic carbocycles. The summed E-state index contributed by atoms with van der Waals surface area (Å²) < 4.78 is 41.4. The van der Waals surface area contributed by atoms with E-state index in [9.17, 15) is 32.4 Å². The summed E-state index contributed by atoms with van der Waals surface area (Å²) in [6.45, 7) is 8.67. The van der Waals surface area contributed by atoms with Crippen molar-refractivity contribution in [2.45, 2.75) is 58.0 Å². The maximum atomic E-state index is 13.4. The number of amides is 3. The first kappa shape index (κ1) is 29.8. The molecule has 0 spiro atoms. The van der Waals surface area contributed by atoms with E-state index in [1.54, 1.807) is 34.6 Å². The summed E-state index contributed by atoms with van der Waals surface area (Å²) in [6, 6.07) is -0.208. The second kappa shape index (κ2) is 11.9. The number of rotatable bonds is 10. The third kappa shape index (κ3) is 7.90. The van der Waals surface area contributed by atoms with Gasteiger partial charge in [-0.1, -0.05) is 46.2 Å². The third-order valence-electron chi connectivity index (χ3n) is 4.98. The Hall–Kier alpha value is -2.28. The van der Waals surface area contributed by atoms with E-state index in [-0.39, 0.29) is 12.3 Å². The highest BCUT2D eigenvalue weighted by Gasteiger charge is 2.41. The summed E-state index contributed by atoms with van der Waals surface area (Å²) in [6.07, 6.45) is 0.0220. The van der Waals surface area contributed by atoms with Crippen molar-refractivity contribution in [3.8, 4) is 0 Å². The van der Waals surface area contributed by atoms with Crippen molar-refractivity contribution < 1.29 is 32.4 Å². The Bertz CT molecular complexity index is 1010. The Morgan fingerprint density at radius 1 is 1.12 bits per heavy atom. The van der Waals surface area contributed by atoms with E-state index >= 15 is 0 Å². The Morgan fingerprint density at radius 2 is 1.71 bits per heavy atom. The fraction of sp³-hybridized carbons (Fsp3) is 0.571. The minimum Gasteiger partial charge on any atom is -0.357 e. The smallest absolute Gasteiger partial charge is 0.262 e. The number of hydrogen-bond donors (Lipinski definition) is 5. The summed E-state index contributed by atoms with van der Waals surface area (Å²) in [4.78, 5) is 37.7. The summed E-state index contributed by atoms with van der Waals surface area (Å²) in [7, 11) is -3.13. The van der Waals surface area contributed by atoms with Gasteiger partial charge in [-0.15, -0.1) is 0 Å². The van der Waals surface area contributed by atoms with Crippen molar-refractivity contribution in [3.63, 3.8) is 0 Å². The van der Waals surface area contributed by atoms with Gasteiger partial charge in [0.25, 0.3) is 5.91 Å². The third-order valence-corrected chi connectivity index (χ3v) is 6.91. The molecule has 0 fully saturated rings. The molecule has 0 saturated heterocycles. The molecule has 3 atom stereocenters. The fourth-order valence-corrected chi connectivity index (χ4v) is 5.05. The van der Waals surface area contributed by atoms with Crippen LogP contribution in [0.4, 0.5) is 4.39 Å². The van der Waals surface area contributed by atoms with Gasteiger partial charge >= 0.3 is 0 Å². The predicted molar refractivity (Wildman–Crippen MR) is 124 cm³/mol. The van der Waals surface area contributed by atoms with E-state index in [2.05, 4.69) is 15.4 Å². The van der Waals surface area contributed by atoms with Crippen LogP contribution in [-0.4, -0.2) is 50.5 Å². The quantitative estimate of drug-likeness (QED) is 0.232. The molecule has 13 heteroatoms. The van der Waals surface area contributed by atoms with Crippen molar-refractivity contribution in [1.82, 2.24) is 20.8 Å². The molecule has 192 valence electrons. The van der Waals surface area contributed by atoms with E-state index in [0.29, 0.717) is 0 Å². The Balaban J connectivity index is 3.45. The van der Waals surface area contributed by atoms with Crippen LogP contribution < -0.4 is 20.8 Å². The second-order valence-corrected chi connectivity index (χ2v) is 11.4. The highest BCUT2D eigenvalue weighted by molar-refractivity contribution is 7.89. The van der Waals surface area contributed by atoms with E-state index in [0.717, 1.165) is 18.2 Å². The van der Waals surface area contributed by atoms with Crippen LogP contribution in [0.25, 0.3) is 0 Å². The van der Waals surface area contributed by atoms with Crippen molar-refractivity contribution in [2.24, 2.45) is 17.3 Å². The monoisotopic (exact) mass is 522 g/mol. The van der Waals surface area contributed by atoms with Gasteiger partial charge in [0.15, 0.2) is 0 Å². The van der Waals surface area contributed by atoms with Crippen LogP contribution in [-0.2, 0) is 24.4 Å². The molecule has 5 N–H and O–H groups in total. The molecule has 0 aliphatic carbocycles. The van der Waals surface area contributed by atoms with Crippen LogP contribution in [0.3, 0.4) is 0 Å². The summed E-state index contributed by atoms with van der Waals surface area (Å²) in [5, 5.41) is 13.9. The topological polar surface area (TPSA) is 154 Å². The van der Waals surface area contributed by atoms with E-state index < -0.39 is 66.9 Å². The molecular weight excluding hydrogens is 491 g/mol. The number of halogens is 2. The largest absolute Gasteiger partial charge is 0.357 e. The van der Waals surface area contributed by atoms with Crippen LogP contribution in [0.5, 0.6) is 0 Å². The maximum Gasteiger partial charge on any atom is 0.262 e. The molecule has 0 aromatic heterocycles. The number of hydroxylamine groups is 1. The number of hydrogen-bond acceptors (Lipinski definition) is 6. The SMILES string of the molecule is CNC(=O)[C@@H](NC(=O)[C@H](CC(C)C)[C@H](NS(=O)(=O)c1ccc(F)cc1Cl)C(=O)NO)C(C)(C)C. The van der Waals surface area contributed by atoms with Gasteiger partial charge in [-0.2, -0.15) is 4.72 Å². The molecule has 0 aliphatic rings. The minimum atomic E-state index is -4.53. The van der Waals surface area contributed by atoms with Crippen LogP contribution in [0.2, 0.25) is 5.02 Å². The van der Waals surface area contributed by atoms with Gasteiger partial charge in [0.2, 0.25) is 21.8 Å². The van der Waals surface area contributed by atoms with Crippen molar-refractivity contribution in [3.05, 3.63) is 29.0 Å². The summed E-state index contributed by atoms with van der Waals surface area (Å²) >= 11 is 5.87. The molecule has 0 unspecified atom stereocenters. The number of carbonyl (C=O) groups is 3. The van der Waals surface area contributed by atoms with Crippen molar-refractivity contribution in [2.75, 3.05) is 7.05 Å². The van der Waals surface area contributed by atoms with Gasteiger partial charge in [0.05, 0.1) is 10.9 Å². The minimum absolute atomic E-state index is 0.0220. The number of likely N-dealkylation sites (N-methyl/N-ethyl adjacent to an activating group) is 1. The first-order valence-electron chi connectivity index (χ1n) is 10.5. The first-order chi connectivity index (χ1) is 15.5. The summed E-state index contributed by atoms with van der Waals surface area (Å²) in [5.74, 6) is -4.74. The highest BCUT2D eigenvalue weighted by Crippen LogP contribution is 2.26. The standard InChI is InChI=1S/C21H32ClFN4O6S/c1-11(2)9-13(18(28)25-17(20(30)24-6)21(3,4)5)16(19(29)26-31)27-34(32,33)15-8-7-12(23)10-14(15)22/h7-8,10-11,13,16-17,27,31H,9H2,1-6H3,(H,24,30)(H,25,28)(H,26,29)/t13-,16+,17-/m1/s1. The number of carbonyl (C=O) groups excluding carboxylic acids is 3. The van der Waals surface area contributed by atoms with Gasteiger partial charge in [-0.3, -0.25) is 19.6 Å². The predicted octanol–water partition coefficient (Wildman–Crippen LogP) is 1.57. The molecule has 0 bridgehead atoms. The average Bonchev–Trinajstić information content (AvgIpc) is 2.71. The van der Waals surface area contributed by atoms with Gasteiger partial charge in [-0.25, -0.2) is 18.3 Å². The molecule has 3 amide bonds. The fourth-order valence-electron chi connectivity index (χ4n) is 3.28. The average molecular weight is 523 g/mol. The van der Waals surface area contributed by atoms with E-state index in [1.807, 2.05) is 0 Å². The van der Waals surface area contributed by atoms with Gasteiger partial charge in [-0.05, 0) is 36.0 Å². The van der Waals surface area contributed by atoms with Gasteiger partial charge in [0.1, 0.15) is 22.8 Å². The van der Waals surface area contributed by atoms with Crippen LogP contribution in [0, 0.1) is 23.1 Å². The lowest BCUT2D eigenvalue weighted by Gasteiger charge is -2.33. The number of sulfonamides is 1. The second-order valence-electron chi connectivity index (χ2n) is 9.31. The van der Waals surface area contributed by atoms with Crippen LogP contribution >= 0.6 is 11.6 Å². The molecule has 0 radical (unpaired) electrons. The van der Waals surface area contributed by atoms with Crippen molar-refractivity contribution in [1.29, 1.82) is 0 Å². The van der Waals surface area contributed by atoms with Crippen LogP contribution in [0.1, 0.15) is 41.0 Å². The lowest BCUT2D eigenvalue weighted by Crippen LogP contribution is -2.59. The molecule has 0 heterocycles. The zero-order chi connectivity index (χ0) is 26.4. The molecule has 1 aromatic rings. The number of nitrogens with one attached hydrogen (secondary N) is 4. The van der Waals surface area contributed by atoms with E-state index in [1.165, 1.54) is 12.5 Å². The first-order valence-corrected chi connectivity index (χ1v) is 12.3. The Morgan fingerprint density at radius 3 is 2.15 bits per heavy atom. The highest BCUT2D eigenvalue weighted by atomic mass is 35.5. The zero-order valence-corrected chi connectivity index (χ0v) is 21.5. The van der Waals surface area contributed by atoms with E-state index in [4.69, 9.17) is 11.6 Å². The summed E-state index contributed by atoms with van der Waals surface area (Å²) in [5.41, 5.74) is 0.657. The molecule has 34 heavy (non-hydrogen) atoms. The Labute approximate surface area is 204 Å². The molecule has 1 rings (SSSR count). The lowest BCUT2D eigenvalue weighted by atomic mass is 9.84. The normalized spacial score (nSPS) is 14.8. The lowest BCUT2D eigenvalue weighted by molar-refractivity contribution is -0.139. The molecule has 10 nitrogen and oxygen atoms in total. The zero-order valence-electron chi connectivity index (χ0n) is 19.9. The number of benzene rings is 1. The van der Waals surface area contributed by atoms with Crippen LogP contribution in [0.15, 0.2) is 23.1 Å². The maximum absolute atomic E-state index is 13.4. The molecule has 0 aliphatic heterocycles. The Kier molecular flexibility index (Phi) is 10.4. The van der Waals surface area contributed by atoms with Gasteiger partial charge in [0, 0.05) is 7.05 Å².